The van der Waals surface area contributed by atoms with Gasteiger partial charge in [0, 0.05) is 6.07 Å². The molecular weight excluding hydrogens is 354 g/mol. The summed E-state index contributed by atoms with van der Waals surface area (Å²) in [5, 5.41) is 0. The number of hydrogen-bond donors (Lipinski definition) is 1. The van der Waals surface area contributed by atoms with Crippen molar-refractivity contribution in [2.75, 3.05) is 11.8 Å². The third kappa shape index (κ3) is 3.48. The molecule has 0 saturated heterocycles. The lowest BCUT2D eigenvalue weighted by Gasteiger charge is -2.11. The Hall–Kier alpha value is -2.62. The molecule has 10 heteroatoms. The van der Waals surface area contributed by atoms with E-state index in [1.807, 2.05) is 0 Å². The molecule has 0 spiro atoms. The summed E-state index contributed by atoms with van der Waals surface area (Å²) in [5.74, 6) is -6.13. The average Bonchev–Trinajstić information content (AvgIpc) is 2.51. The topological polar surface area (TPSA) is 72.5 Å². The van der Waals surface area contributed by atoms with Crippen molar-refractivity contribution in [3.05, 3.63) is 59.2 Å². The van der Waals surface area contributed by atoms with Crippen molar-refractivity contribution in [2.45, 2.75) is 4.90 Å². The summed E-state index contributed by atoms with van der Waals surface area (Å²) in [7, 11) is -3.79. The Morgan fingerprint density at radius 3 is 2.29 bits per heavy atom. The first-order chi connectivity index (χ1) is 11.2. The maximum atomic E-state index is 13.7. The number of carbonyl (C=O) groups excluding carboxylic acids is 1. The molecule has 0 aliphatic heterocycles. The number of methoxy groups -OCH3 is 1. The van der Waals surface area contributed by atoms with Gasteiger partial charge in [0.15, 0.2) is 0 Å². The van der Waals surface area contributed by atoms with Crippen LogP contribution in [0.2, 0.25) is 0 Å². The molecule has 0 heterocycles. The Kier molecular flexibility index (Phi) is 4.78. The smallest absolute Gasteiger partial charge is 0.340 e. The molecule has 0 amide bonds. The van der Waals surface area contributed by atoms with Crippen LogP contribution in [0.1, 0.15) is 10.4 Å². The minimum atomic E-state index is -4.73. The second-order valence-electron chi connectivity index (χ2n) is 4.48. The average molecular weight is 363 g/mol. The highest BCUT2D eigenvalue weighted by Gasteiger charge is 2.24. The number of nitrogens with one attached hydrogen (secondary N) is 1. The first-order valence-electron chi connectivity index (χ1n) is 6.21. The normalized spacial score (nSPS) is 11.2. The highest BCUT2D eigenvalue weighted by molar-refractivity contribution is 7.92. The SMILES string of the molecule is COC(=O)c1cc(NS(=O)(=O)c2cc(F)ccc2F)c(F)cc1F. The number of carbonyl (C=O) groups is 1. The second kappa shape index (κ2) is 6.48. The van der Waals surface area contributed by atoms with Crippen molar-refractivity contribution in [3.8, 4) is 0 Å². The van der Waals surface area contributed by atoms with Gasteiger partial charge in [-0.25, -0.2) is 30.8 Å². The second-order valence-corrected chi connectivity index (χ2v) is 6.13. The number of benzene rings is 2. The lowest BCUT2D eigenvalue weighted by atomic mass is 10.2. The zero-order chi connectivity index (χ0) is 18.1. The van der Waals surface area contributed by atoms with E-state index in [1.54, 1.807) is 4.72 Å². The molecule has 0 radical (unpaired) electrons. The molecule has 128 valence electrons. The first kappa shape index (κ1) is 17.7. The largest absolute Gasteiger partial charge is 0.465 e. The molecule has 0 aromatic heterocycles. The zero-order valence-electron chi connectivity index (χ0n) is 11.9. The van der Waals surface area contributed by atoms with E-state index in [0.29, 0.717) is 24.3 Å². The number of anilines is 1. The molecule has 0 fully saturated rings. The van der Waals surface area contributed by atoms with Crippen LogP contribution >= 0.6 is 0 Å². The Labute approximate surface area is 133 Å². The fourth-order valence-corrected chi connectivity index (χ4v) is 2.92. The predicted octanol–water partition coefficient (Wildman–Crippen LogP) is 2.83. The van der Waals surface area contributed by atoms with Crippen LogP contribution in [-0.2, 0) is 14.8 Å². The Morgan fingerprint density at radius 1 is 1.00 bits per heavy atom. The molecule has 5 nitrogen and oxygen atoms in total. The third-order valence-corrected chi connectivity index (χ3v) is 4.27. The molecule has 0 atom stereocenters. The van der Waals surface area contributed by atoms with E-state index < -0.39 is 55.4 Å². The van der Waals surface area contributed by atoms with Crippen LogP contribution in [0.5, 0.6) is 0 Å². The van der Waals surface area contributed by atoms with E-state index in [4.69, 9.17) is 0 Å². The molecule has 24 heavy (non-hydrogen) atoms. The lowest BCUT2D eigenvalue weighted by Crippen LogP contribution is -2.17. The summed E-state index contributed by atoms with van der Waals surface area (Å²) in [4.78, 5) is 10.3. The van der Waals surface area contributed by atoms with E-state index in [0.717, 1.165) is 7.11 Å². The Balaban J connectivity index is 2.50. The van der Waals surface area contributed by atoms with Gasteiger partial charge < -0.3 is 4.74 Å². The monoisotopic (exact) mass is 363 g/mol. The summed E-state index contributed by atoms with van der Waals surface area (Å²) < 4.78 is 84.0. The standard InChI is InChI=1S/C14H9F4NO4S/c1-23-14(20)8-5-12(11(18)6-10(8)17)19-24(21,22)13-4-7(15)2-3-9(13)16/h2-6,19H,1H3. The fraction of sp³-hybridized carbons (Fsp3) is 0.0714. The van der Waals surface area contributed by atoms with Crippen molar-refractivity contribution in [1.29, 1.82) is 0 Å². The van der Waals surface area contributed by atoms with Crippen molar-refractivity contribution < 1.29 is 35.5 Å². The van der Waals surface area contributed by atoms with Gasteiger partial charge in [-0.2, -0.15) is 0 Å². The maximum Gasteiger partial charge on any atom is 0.340 e. The molecular formula is C14H9F4NO4S. The van der Waals surface area contributed by atoms with E-state index >= 15 is 0 Å². The number of halogens is 4. The van der Waals surface area contributed by atoms with Crippen LogP contribution in [0, 0.1) is 23.3 Å². The summed E-state index contributed by atoms with van der Waals surface area (Å²) in [6.07, 6.45) is 0. The lowest BCUT2D eigenvalue weighted by molar-refractivity contribution is 0.0595. The van der Waals surface area contributed by atoms with E-state index in [1.165, 1.54) is 0 Å². The third-order valence-electron chi connectivity index (χ3n) is 2.89. The van der Waals surface area contributed by atoms with Crippen LogP contribution in [0.4, 0.5) is 23.2 Å². The molecule has 2 rings (SSSR count). The van der Waals surface area contributed by atoms with E-state index in [9.17, 15) is 30.8 Å². The predicted molar refractivity (Wildman–Crippen MR) is 74.9 cm³/mol. The molecule has 2 aromatic rings. The fourth-order valence-electron chi connectivity index (χ4n) is 1.78. The molecule has 0 saturated carbocycles. The quantitative estimate of drug-likeness (QED) is 0.670. The number of sulfonamides is 1. The maximum absolute atomic E-state index is 13.7. The summed E-state index contributed by atoms with van der Waals surface area (Å²) in [5.41, 5.74) is -1.57. The van der Waals surface area contributed by atoms with Gasteiger partial charge >= 0.3 is 5.97 Å². The van der Waals surface area contributed by atoms with Gasteiger partial charge in [0.25, 0.3) is 10.0 Å². The van der Waals surface area contributed by atoms with Gasteiger partial charge in [0.1, 0.15) is 28.2 Å². The van der Waals surface area contributed by atoms with Gasteiger partial charge in [0.05, 0.1) is 18.4 Å². The first-order valence-corrected chi connectivity index (χ1v) is 7.69. The van der Waals surface area contributed by atoms with Crippen molar-refractivity contribution in [1.82, 2.24) is 0 Å². The van der Waals surface area contributed by atoms with Crippen LogP contribution < -0.4 is 4.72 Å². The van der Waals surface area contributed by atoms with Gasteiger partial charge in [-0.3, -0.25) is 4.72 Å². The van der Waals surface area contributed by atoms with Crippen molar-refractivity contribution >= 4 is 21.7 Å². The molecule has 0 aliphatic rings. The number of ether oxygens (including phenoxy) is 1. The minimum absolute atomic E-state index is 0.256. The highest BCUT2D eigenvalue weighted by atomic mass is 32.2. The van der Waals surface area contributed by atoms with Crippen LogP contribution in [0.3, 0.4) is 0 Å². The Morgan fingerprint density at radius 2 is 1.67 bits per heavy atom. The number of hydrogen-bond acceptors (Lipinski definition) is 4. The molecule has 2 aromatic carbocycles. The van der Waals surface area contributed by atoms with Gasteiger partial charge in [-0.15, -0.1) is 0 Å². The number of esters is 1. The molecule has 1 N–H and O–H groups in total. The van der Waals surface area contributed by atoms with Crippen LogP contribution in [0.15, 0.2) is 35.2 Å². The van der Waals surface area contributed by atoms with Crippen molar-refractivity contribution in [3.63, 3.8) is 0 Å². The molecule has 0 unspecified atom stereocenters. The van der Waals surface area contributed by atoms with Gasteiger partial charge in [-0.05, 0) is 24.3 Å². The molecule has 0 bridgehead atoms. The summed E-state index contributed by atoms with van der Waals surface area (Å²) in [6, 6.07) is 2.46. The van der Waals surface area contributed by atoms with Crippen molar-refractivity contribution in [2.24, 2.45) is 0 Å². The van der Waals surface area contributed by atoms with E-state index in [-0.39, 0.29) is 6.07 Å². The molecule has 0 aliphatic carbocycles. The minimum Gasteiger partial charge on any atom is -0.465 e. The highest BCUT2D eigenvalue weighted by Crippen LogP contribution is 2.24. The van der Waals surface area contributed by atoms with E-state index in [2.05, 4.69) is 4.74 Å². The van der Waals surface area contributed by atoms with Crippen LogP contribution in [-0.4, -0.2) is 21.5 Å². The summed E-state index contributed by atoms with van der Waals surface area (Å²) >= 11 is 0. The Bertz CT molecular complexity index is 915. The number of rotatable bonds is 4. The van der Waals surface area contributed by atoms with Gasteiger partial charge in [-0.1, -0.05) is 0 Å². The van der Waals surface area contributed by atoms with Gasteiger partial charge in [0.2, 0.25) is 0 Å². The van der Waals surface area contributed by atoms with Crippen LogP contribution in [0.25, 0.3) is 0 Å². The zero-order valence-corrected chi connectivity index (χ0v) is 12.8. The summed E-state index contributed by atoms with van der Waals surface area (Å²) in [6.45, 7) is 0.